The smallest absolute Gasteiger partial charge is 0.321 e. The predicted octanol–water partition coefficient (Wildman–Crippen LogP) is -0.125. The lowest BCUT2D eigenvalue weighted by Crippen LogP contribution is -2.44. The first kappa shape index (κ1) is 15.4. The number of imide groups is 1. The molecule has 1 atom stereocenters. The van der Waals surface area contributed by atoms with E-state index in [-0.39, 0.29) is 12.5 Å². The molecule has 7 heteroatoms. The number of carboxylic acids is 1. The molecule has 1 heterocycles. The Morgan fingerprint density at radius 3 is 2.42 bits per heavy atom. The monoisotopic (exact) mass is 271 g/mol. The first-order chi connectivity index (χ1) is 8.81. The number of amides is 3. The van der Waals surface area contributed by atoms with E-state index >= 15 is 0 Å². The normalized spacial score (nSPS) is 23.4. The van der Waals surface area contributed by atoms with E-state index in [2.05, 4.69) is 10.6 Å². The van der Waals surface area contributed by atoms with Crippen molar-refractivity contribution in [1.82, 2.24) is 15.5 Å². The fourth-order valence-electron chi connectivity index (χ4n) is 2.37. The lowest BCUT2D eigenvalue weighted by molar-refractivity contribution is -0.151. The third-order valence-corrected chi connectivity index (χ3v) is 3.76. The summed E-state index contributed by atoms with van der Waals surface area (Å²) in [6.07, 6.45) is 0.521. The summed E-state index contributed by atoms with van der Waals surface area (Å²) in [6, 6.07) is -0.558. The number of nitrogens with zero attached hydrogens (tertiary/aromatic N) is 1. The molecule has 1 aliphatic heterocycles. The highest BCUT2D eigenvalue weighted by Crippen LogP contribution is 2.37. The molecule has 1 fully saturated rings. The number of aliphatic carboxylic acids is 1. The number of likely N-dealkylation sites (tertiary alicyclic amines) is 1. The van der Waals surface area contributed by atoms with Crippen molar-refractivity contribution in [2.45, 2.75) is 20.3 Å². The number of rotatable bonds is 4. The topological polar surface area (TPSA) is 98.7 Å². The van der Waals surface area contributed by atoms with Crippen LogP contribution >= 0.6 is 0 Å². The molecule has 3 amide bonds. The molecular formula is C12H21N3O4. The highest BCUT2D eigenvalue weighted by molar-refractivity contribution is 5.95. The van der Waals surface area contributed by atoms with E-state index in [1.807, 2.05) is 13.8 Å². The second-order valence-electron chi connectivity index (χ2n) is 5.20. The Morgan fingerprint density at radius 1 is 1.37 bits per heavy atom. The molecule has 3 N–H and O–H groups in total. The van der Waals surface area contributed by atoms with Crippen LogP contribution in [0.1, 0.15) is 20.3 Å². The van der Waals surface area contributed by atoms with Gasteiger partial charge >= 0.3 is 12.0 Å². The minimum Gasteiger partial charge on any atom is -0.481 e. The van der Waals surface area contributed by atoms with Crippen LogP contribution in [0.4, 0.5) is 4.79 Å². The van der Waals surface area contributed by atoms with Gasteiger partial charge in [-0.2, -0.15) is 0 Å². The first-order valence-corrected chi connectivity index (χ1v) is 6.29. The summed E-state index contributed by atoms with van der Waals surface area (Å²) >= 11 is 0. The van der Waals surface area contributed by atoms with Gasteiger partial charge in [0.05, 0.1) is 12.0 Å². The molecule has 0 bridgehead atoms. The fourth-order valence-corrected chi connectivity index (χ4v) is 2.37. The molecule has 1 saturated heterocycles. The van der Waals surface area contributed by atoms with Crippen LogP contribution in [0.15, 0.2) is 0 Å². The van der Waals surface area contributed by atoms with Gasteiger partial charge in [-0.1, -0.05) is 13.8 Å². The van der Waals surface area contributed by atoms with Crippen LogP contribution in [0.2, 0.25) is 0 Å². The van der Waals surface area contributed by atoms with Gasteiger partial charge in [0.15, 0.2) is 0 Å². The van der Waals surface area contributed by atoms with Crippen LogP contribution in [0, 0.1) is 11.3 Å². The Morgan fingerprint density at radius 2 is 2.00 bits per heavy atom. The van der Waals surface area contributed by atoms with Crippen LogP contribution in [-0.2, 0) is 9.59 Å². The number of carbonyl (C=O) groups is 3. The Kier molecular flexibility index (Phi) is 4.88. The van der Waals surface area contributed by atoms with E-state index in [4.69, 9.17) is 0 Å². The largest absolute Gasteiger partial charge is 0.481 e. The molecule has 108 valence electrons. The average molecular weight is 271 g/mol. The minimum atomic E-state index is -0.822. The zero-order valence-electron chi connectivity index (χ0n) is 11.5. The summed E-state index contributed by atoms with van der Waals surface area (Å²) in [6.45, 7) is 4.67. The summed E-state index contributed by atoms with van der Waals surface area (Å²) in [5.74, 6) is -1.25. The Bertz CT molecular complexity index is 383. The van der Waals surface area contributed by atoms with Gasteiger partial charge < -0.3 is 10.4 Å². The highest BCUT2D eigenvalue weighted by Gasteiger charge is 2.47. The van der Waals surface area contributed by atoms with E-state index < -0.39 is 23.3 Å². The number of hydrogen-bond acceptors (Lipinski definition) is 4. The van der Waals surface area contributed by atoms with Crippen molar-refractivity contribution in [3.05, 3.63) is 0 Å². The lowest BCUT2D eigenvalue weighted by Gasteiger charge is -2.28. The summed E-state index contributed by atoms with van der Waals surface area (Å²) in [7, 11) is 1.42. The molecular weight excluding hydrogens is 250 g/mol. The Balaban J connectivity index is 2.58. The van der Waals surface area contributed by atoms with Gasteiger partial charge in [0.25, 0.3) is 0 Å². The van der Waals surface area contributed by atoms with Crippen molar-refractivity contribution in [3.63, 3.8) is 0 Å². The summed E-state index contributed by atoms with van der Waals surface area (Å²) in [4.78, 5) is 35.7. The van der Waals surface area contributed by atoms with Crippen molar-refractivity contribution < 1.29 is 19.5 Å². The molecule has 1 unspecified atom stereocenters. The van der Waals surface area contributed by atoms with Gasteiger partial charge in [0, 0.05) is 13.6 Å². The summed E-state index contributed by atoms with van der Waals surface area (Å²) in [5.41, 5.74) is -0.798. The highest BCUT2D eigenvalue weighted by atomic mass is 16.4. The van der Waals surface area contributed by atoms with Gasteiger partial charge in [-0.15, -0.1) is 0 Å². The number of urea groups is 1. The maximum Gasteiger partial charge on any atom is 0.321 e. The van der Waals surface area contributed by atoms with Gasteiger partial charge in [-0.25, -0.2) is 4.79 Å². The van der Waals surface area contributed by atoms with E-state index in [0.29, 0.717) is 19.5 Å². The number of carboxylic acid groups (broad SMARTS) is 1. The van der Waals surface area contributed by atoms with Crippen molar-refractivity contribution in [1.29, 1.82) is 0 Å². The minimum absolute atomic E-state index is 0.00278. The molecule has 0 aromatic heterocycles. The van der Waals surface area contributed by atoms with Crippen LogP contribution in [-0.4, -0.2) is 54.6 Å². The second-order valence-corrected chi connectivity index (χ2v) is 5.20. The molecule has 1 aliphatic rings. The number of nitrogens with one attached hydrogen (secondary N) is 2. The maximum absolute atomic E-state index is 11.6. The SMILES string of the molecule is CNC(=O)NC(=O)CN1CCC(C(=O)O)(C(C)C)C1. The van der Waals surface area contributed by atoms with E-state index in [0.717, 1.165) is 0 Å². The Hall–Kier alpha value is -1.63. The van der Waals surface area contributed by atoms with Crippen molar-refractivity contribution in [2.75, 3.05) is 26.7 Å². The standard InChI is InChI=1S/C12H21N3O4/c1-8(2)12(10(17)18)4-5-15(7-12)6-9(16)14-11(19)13-3/h8H,4-7H2,1-3H3,(H,17,18)(H2,13,14,16,19). The van der Waals surface area contributed by atoms with Crippen LogP contribution < -0.4 is 10.6 Å². The molecule has 0 aliphatic carbocycles. The third kappa shape index (κ3) is 3.44. The van der Waals surface area contributed by atoms with Crippen molar-refractivity contribution in [3.8, 4) is 0 Å². The van der Waals surface area contributed by atoms with Crippen LogP contribution in [0.3, 0.4) is 0 Å². The van der Waals surface area contributed by atoms with E-state index in [9.17, 15) is 19.5 Å². The average Bonchev–Trinajstić information content (AvgIpc) is 2.73. The molecule has 19 heavy (non-hydrogen) atoms. The predicted molar refractivity (Wildman–Crippen MR) is 68.6 cm³/mol. The number of carbonyl (C=O) groups excluding carboxylic acids is 2. The molecule has 0 spiro atoms. The zero-order chi connectivity index (χ0) is 14.6. The number of hydrogen-bond donors (Lipinski definition) is 3. The third-order valence-electron chi connectivity index (χ3n) is 3.76. The van der Waals surface area contributed by atoms with Gasteiger partial charge in [0.2, 0.25) is 5.91 Å². The zero-order valence-corrected chi connectivity index (χ0v) is 11.5. The second kappa shape index (κ2) is 6.01. The molecule has 0 aromatic carbocycles. The fraction of sp³-hybridized carbons (Fsp3) is 0.750. The molecule has 1 rings (SSSR count). The van der Waals surface area contributed by atoms with E-state index in [1.54, 1.807) is 4.90 Å². The van der Waals surface area contributed by atoms with Crippen LogP contribution in [0.25, 0.3) is 0 Å². The van der Waals surface area contributed by atoms with Crippen molar-refractivity contribution >= 4 is 17.9 Å². The van der Waals surface area contributed by atoms with Crippen LogP contribution in [0.5, 0.6) is 0 Å². The van der Waals surface area contributed by atoms with Gasteiger partial charge in [-0.3, -0.25) is 19.8 Å². The quantitative estimate of drug-likeness (QED) is 0.662. The van der Waals surface area contributed by atoms with E-state index in [1.165, 1.54) is 7.05 Å². The lowest BCUT2D eigenvalue weighted by atomic mass is 9.76. The molecule has 0 saturated carbocycles. The molecule has 0 radical (unpaired) electrons. The Labute approximate surface area is 112 Å². The summed E-state index contributed by atoms with van der Waals surface area (Å²) in [5, 5.41) is 13.8. The first-order valence-electron chi connectivity index (χ1n) is 6.29. The van der Waals surface area contributed by atoms with Gasteiger partial charge in [-0.05, 0) is 18.9 Å². The maximum atomic E-state index is 11.6. The summed E-state index contributed by atoms with van der Waals surface area (Å²) < 4.78 is 0. The van der Waals surface area contributed by atoms with Crippen molar-refractivity contribution in [2.24, 2.45) is 11.3 Å². The molecule has 0 aromatic rings. The van der Waals surface area contributed by atoms with Gasteiger partial charge in [0.1, 0.15) is 0 Å². The molecule has 7 nitrogen and oxygen atoms in total.